The lowest BCUT2D eigenvalue weighted by Crippen LogP contribution is -2.36. The van der Waals surface area contributed by atoms with Crippen molar-refractivity contribution in [2.75, 3.05) is 18.0 Å². The molecule has 0 atom stereocenters. The summed E-state index contributed by atoms with van der Waals surface area (Å²) in [6.07, 6.45) is 4.38. The number of rotatable bonds is 3. The van der Waals surface area contributed by atoms with Gasteiger partial charge in [-0.1, -0.05) is 13.8 Å². The molecule has 0 radical (unpaired) electrons. The predicted octanol–water partition coefficient (Wildman–Crippen LogP) is 4.46. The first-order valence-corrected chi connectivity index (χ1v) is 7.90. The molecule has 1 aromatic heterocycles. The number of hydrogen-bond donors (Lipinski definition) is 0. The molecule has 0 aromatic carbocycles. The molecule has 1 aliphatic heterocycles. The van der Waals surface area contributed by atoms with Gasteiger partial charge in [0.25, 0.3) is 0 Å². The van der Waals surface area contributed by atoms with Crippen molar-refractivity contribution in [3.63, 3.8) is 0 Å². The molecule has 0 N–H and O–H groups in total. The van der Waals surface area contributed by atoms with E-state index in [0.29, 0.717) is 5.88 Å². The number of halogens is 2. The molecule has 1 saturated heterocycles. The summed E-state index contributed by atoms with van der Waals surface area (Å²) < 4.78 is 0.999. The topological polar surface area (TPSA) is 16.1 Å². The van der Waals surface area contributed by atoms with E-state index in [2.05, 4.69) is 45.7 Å². The third-order valence-electron chi connectivity index (χ3n) is 3.84. The van der Waals surface area contributed by atoms with Gasteiger partial charge < -0.3 is 4.90 Å². The van der Waals surface area contributed by atoms with Crippen LogP contribution in [0, 0.1) is 11.8 Å². The average Bonchev–Trinajstić information content (AvgIpc) is 2.38. The van der Waals surface area contributed by atoms with Crippen LogP contribution in [0.5, 0.6) is 0 Å². The number of anilines is 1. The van der Waals surface area contributed by atoms with Crippen molar-refractivity contribution in [3.8, 4) is 0 Å². The molecule has 1 aromatic rings. The number of nitrogens with zero attached hydrogens (tertiary/aromatic N) is 2. The van der Waals surface area contributed by atoms with E-state index in [9.17, 15) is 0 Å². The van der Waals surface area contributed by atoms with Crippen molar-refractivity contribution in [1.82, 2.24) is 4.98 Å². The fourth-order valence-electron chi connectivity index (χ4n) is 2.63. The second kappa shape index (κ2) is 6.25. The average molecular weight is 332 g/mol. The Labute approximate surface area is 123 Å². The fourth-order valence-corrected chi connectivity index (χ4v) is 3.21. The van der Waals surface area contributed by atoms with E-state index in [1.54, 1.807) is 0 Å². The van der Waals surface area contributed by atoms with Gasteiger partial charge in [0.1, 0.15) is 5.82 Å². The molecular weight excluding hydrogens is 312 g/mol. The number of hydrogen-bond acceptors (Lipinski definition) is 2. The van der Waals surface area contributed by atoms with Gasteiger partial charge in [0.2, 0.25) is 0 Å². The SMILES string of the molecule is CC(C)C1CCN(c2ncc(Br)cc2CCl)CC1. The van der Waals surface area contributed by atoms with E-state index < -0.39 is 0 Å². The Morgan fingerprint density at radius 2 is 2.11 bits per heavy atom. The number of alkyl halides is 1. The standard InChI is InChI=1S/C14H20BrClN2/c1-10(2)11-3-5-18(6-4-11)14-12(8-16)7-13(15)9-17-14/h7,9-11H,3-6,8H2,1-2H3. The van der Waals surface area contributed by atoms with Crippen molar-refractivity contribution in [2.24, 2.45) is 11.8 Å². The third kappa shape index (κ3) is 3.18. The summed E-state index contributed by atoms with van der Waals surface area (Å²) in [6.45, 7) is 6.84. The van der Waals surface area contributed by atoms with Crippen molar-refractivity contribution < 1.29 is 0 Å². The Kier molecular flexibility index (Phi) is 4.91. The molecule has 0 unspecified atom stereocenters. The predicted molar refractivity (Wildman–Crippen MR) is 81.3 cm³/mol. The first-order valence-electron chi connectivity index (χ1n) is 6.57. The zero-order valence-electron chi connectivity index (χ0n) is 11.0. The van der Waals surface area contributed by atoms with Crippen LogP contribution in [0.3, 0.4) is 0 Å². The molecule has 2 rings (SSSR count). The van der Waals surface area contributed by atoms with E-state index in [-0.39, 0.29) is 0 Å². The minimum absolute atomic E-state index is 0.520. The van der Waals surface area contributed by atoms with E-state index in [4.69, 9.17) is 11.6 Å². The lowest BCUT2D eigenvalue weighted by molar-refractivity contribution is 0.310. The summed E-state index contributed by atoms with van der Waals surface area (Å²) >= 11 is 9.46. The maximum atomic E-state index is 6.01. The number of aromatic nitrogens is 1. The molecule has 4 heteroatoms. The van der Waals surface area contributed by atoms with Gasteiger partial charge in [0.15, 0.2) is 0 Å². The fraction of sp³-hybridized carbons (Fsp3) is 0.643. The second-order valence-corrected chi connectivity index (χ2v) is 6.52. The summed E-state index contributed by atoms with van der Waals surface area (Å²) in [7, 11) is 0. The van der Waals surface area contributed by atoms with Crippen molar-refractivity contribution in [2.45, 2.75) is 32.6 Å². The molecule has 2 nitrogen and oxygen atoms in total. The number of pyridine rings is 1. The molecule has 18 heavy (non-hydrogen) atoms. The van der Waals surface area contributed by atoms with Crippen molar-refractivity contribution in [3.05, 3.63) is 22.3 Å². The smallest absolute Gasteiger partial charge is 0.133 e. The van der Waals surface area contributed by atoms with Crippen LogP contribution >= 0.6 is 27.5 Å². The summed E-state index contributed by atoms with van der Waals surface area (Å²) in [5.74, 6) is 3.23. The molecule has 2 heterocycles. The maximum absolute atomic E-state index is 6.01. The van der Waals surface area contributed by atoms with Gasteiger partial charge in [-0.05, 0) is 46.7 Å². The van der Waals surface area contributed by atoms with Crippen molar-refractivity contribution >= 4 is 33.3 Å². The van der Waals surface area contributed by atoms with Gasteiger partial charge in [-0.3, -0.25) is 0 Å². The largest absolute Gasteiger partial charge is 0.356 e. The van der Waals surface area contributed by atoms with Crippen LogP contribution < -0.4 is 4.90 Å². The molecule has 1 fully saturated rings. The molecule has 0 saturated carbocycles. The Bertz CT molecular complexity index is 401. The normalized spacial score (nSPS) is 17.5. The molecular formula is C14H20BrClN2. The van der Waals surface area contributed by atoms with Crippen LogP contribution in [0.4, 0.5) is 5.82 Å². The van der Waals surface area contributed by atoms with Crippen molar-refractivity contribution in [1.29, 1.82) is 0 Å². The lowest BCUT2D eigenvalue weighted by atomic mass is 9.86. The minimum Gasteiger partial charge on any atom is -0.356 e. The molecule has 0 aliphatic carbocycles. The molecule has 0 spiro atoms. The van der Waals surface area contributed by atoms with Gasteiger partial charge in [0, 0.05) is 29.3 Å². The third-order valence-corrected chi connectivity index (χ3v) is 4.56. The van der Waals surface area contributed by atoms with Gasteiger partial charge >= 0.3 is 0 Å². The Morgan fingerprint density at radius 3 is 2.67 bits per heavy atom. The summed E-state index contributed by atoms with van der Waals surface area (Å²) in [5.41, 5.74) is 1.12. The molecule has 1 aliphatic rings. The monoisotopic (exact) mass is 330 g/mol. The highest BCUT2D eigenvalue weighted by atomic mass is 79.9. The summed E-state index contributed by atoms with van der Waals surface area (Å²) in [5, 5.41) is 0. The Hall–Kier alpha value is -0.280. The van der Waals surface area contributed by atoms with E-state index in [1.165, 1.54) is 12.8 Å². The first-order chi connectivity index (χ1) is 8.61. The van der Waals surface area contributed by atoms with Gasteiger partial charge in [-0.2, -0.15) is 0 Å². The molecule has 100 valence electrons. The number of piperidine rings is 1. The van der Waals surface area contributed by atoms with Gasteiger partial charge in [-0.15, -0.1) is 11.6 Å². The highest BCUT2D eigenvalue weighted by molar-refractivity contribution is 9.10. The van der Waals surface area contributed by atoms with Gasteiger partial charge in [-0.25, -0.2) is 4.98 Å². The van der Waals surface area contributed by atoms with Crippen LogP contribution in [-0.2, 0) is 5.88 Å². The van der Waals surface area contributed by atoms with Crippen LogP contribution in [0.2, 0.25) is 0 Å². The molecule has 0 amide bonds. The van der Waals surface area contributed by atoms with E-state index in [0.717, 1.165) is 40.8 Å². The molecule has 0 bridgehead atoms. The first kappa shape index (κ1) is 14.1. The quantitative estimate of drug-likeness (QED) is 0.760. The lowest BCUT2D eigenvalue weighted by Gasteiger charge is -2.35. The summed E-state index contributed by atoms with van der Waals surface area (Å²) in [4.78, 5) is 6.92. The van der Waals surface area contributed by atoms with Crippen LogP contribution in [0.1, 0.15) is 32.3 Å². The zero-order valence-corrected chi connectivity index (χ0v) is 13.3. The highest BCUT2D eigenvalue weighted by Crippen LogP contribution is 2.30. The van der Waals surface area contributed by atoms with E-state index >= 15 is 0 Å². The van der Waals surface area contributed by atoms with Gasteiger partial charge in [0.05, 0.1) is 5.88 Å². The Morgan fingerprint density at radius 1 is 1.44 bits per heavy atom. The van der Waals surface area contributed by atoms with E-state index in [1.807, 2.05) is 6.20 Å². The second-order valence-electron chi connectivity index (χ2n) is 5.34. The maximum Gasteiger partial charge on any atom is 0.133 e. The highest BCUT2D eigenvalue weighted by Gasteiger charge is 2.23. The van der Waals surface area contributed by atoms with Crippen LogP contribution in [0.15, 0.2) is 16.7 Å². The van der Waals surface area contributed by atoms with Crippen LogP contribution in [-0.4, -0.2) is 18.1 Å². The Balaban J connectivity index is 2.09. The summed E-state index contributed by atoms with van der Waals surface area (Å²) in [6, 6.07) is 2.07. The zero-order chi connectivity index (χ0) is 13.1. The minimum atomic E-state index is 0.520. The van der Waals surface area contributed by atoms with Crippen LogP contribution in [0.25, 0.3) is 0 Å².